The summed E-state index contributed by atoms with van der Waals surface area (Å²) in [4.78, 5) is 0. The molecule has 106 valence electrons. The van der Waals surface area contributed by atoms with Crippen LogP contribution in [0.5, 0.6) is 0 Å². The summed E-state index contributed by atoms with van der Waals surface area (Å²) in [6, 6.07) is 11.9. The highest BCUT2D eigenvalue weighted by Gasteiger charge is 2.15. The molecule has 1 atom stereocenters. The summed E-state index contributed by atoms with van der Waals surface area (Å²) in [6.45, 7) is 0. The molecule has 0 spiro atoms. The van der Waals surface area contributed by atoms with E-state index < -0.39 is 11.6 Å². The van der Waals surface area contributed by atoms with Gasteiger partial charge < -0.3 is 0 Å². The molecule has 0 bridgehead atoms. The molecule has 0 radical (unpaired) electrons. The van der Waals surface area contributed by atoms with E-state index in [1.807, 2.05) is 24.3 Å². The molecule has 2 aromatic rings. The minimum atomic E-state index is -0.798. The second-order valence-electron chi connectivity index (χ2n) is 4.73. The van der Waals surface area contributed by atoms with E-state index in [0.29, 0.717) is 22.3 Å². The van der Waals surface area contributed by atoms with Gasteiger partial charge in [-0.15, -0.1) is 0 Å². The van der Waals surface area contributed by atoms with Crippen LogP contribution in [0.2, 0.25) is 5.02 Å². The smallest absolute Gasteiger partial charge is 0.162 e. The van der Waals surface area contributed by atoms with Crippen LogP contribution in [0.3, 0.4) is 0 Å². The van der Waals surface area contributed by atoms with Gasteiger partial charge in [-0.3, -0.25) is 0 Å². The van der Waals surface area contributed by atoms with Crippen LogP contribution < -0.4 is 0 Å². The van der Waals surface area contributed by atoms with Gasteiger partial charge >= 0.3 is 0 Å². The van der Waals surface area contributed by atoms with Gasteiger partial charge in [0, 0.05) is 10.4 Å². The Hall–Kier alpha value is -0.930. The van der Waals surface area contributed by atoms with Crippen LogP contribution in [0.1, 0.15) is 11.1 Å². The monoisotopic (exact) mass is 358 g/mol. The number of benzene rings is 2. The lowest BCUT2D eigenvalue weighted by Gasteiger charge is -2.15. The van der Waals surface area contributed by atoms with Gasteiger partial charge in [0.1, 0.15) is 0 Å². The maximum absolute atomic E-state index is 13.7. The van der Waals surface area contributed by atoms with Gasteiger partial charge in [0.15, 0.2) is 11.6 Å². The maximum Gasteiger partial charge on any atom is 0.162 e. The Morgan fingerprint density at radius 3 is 2.30 bits per heavy atom. The molecular weight excluding hydrogens is 346 g/mol. The fourth-order valence-electron chi connectivity index (χ4n) is 2.17. The Balaban J connectivity index is 2.14. The third-order valence-electron chi connectivity index (χ3n) is 3.22. The SMILES string of the molecule is Fc1cccc(CC(CBr)Cc2ccccc2Cl)c1F. The van der Waals surface area contributed by atoms with Gasteiger partial charge in [-0.2, -0.15) is 0 Å². The van der Waals surface area contributed by atoms with Gasteiger partial charge in [0.25, 0.3) is 0 Å². The molecule has 0 saturated heterocycles. The highest BCUT2D eigenvalue weighted by Crippen LogP contribution is 2.23. The molecule has 0 heterocycles. The molecule has 4 heteroatoms. The first-order valence-corrected chi connectivity index (χ1v) is 7.84. The van der Waals surface area contributed by atoms with Crippen LogP contribution in [0.4, 0.5) is 8.78 Å². The van der Waals surface area contributed by atoms with E-state index in [1.54, 1.807) is 6.07 Å². The summed E-state index contributed by atoms with van der Waals surface area (Å²) >= 11 is 9.57. The standard InChI is InChI=1S/C16H14BrClF2/c17-10-11(8-12-4-1-2-6-14(12)18)9-13-5-3-7-15(19)16(13)20/h1-7,11H,8-10H2. The first kappa shape index (κ1) is 15.5. The normalized spacial score (nSPS) is 12.4. The number of hydrogen-bond acceptors (Lipinski definition) is 0. The largest absolute Gasteiger partial charge is 0.204 e. The zero-order valence-corrected chi connectivity index (χ0v) is 13.1. The van der Waals surface area contributed by atoms with E-state index in [-0.39, 0.29) is 5.92 Å². The van der Waals surface area contributed by atoms with E-state index in [4.69, 9.17) is 11.6 Å². The Kier molecular flexibility index (Phi) is 5.55. The highest BCUT2D eigenvalue weighted by molar-refractivity contribution is 9.09. The van der Waals surface area contributed by atoms with Crippen LogP contribution in [-0.2, 0) is 12.8 Å². The Morgan fingerprint density at radius 1 is 0.950 bits per heavy atom. The molecule has 1 unspecified atom stereocenters. The highest BCUT2D eigenvalue weighted by atomic mass is 79.9. The molecule has 0 aliphatic rings. The van der Waals surface area contributed by atoms with E-state index in [9.17, 15) is 8.78 Å². The van der Waals surface area contributed by atoms with Gasteiger partial charge in [0.05, 0.1) is 0 Å². The van der Waals surface area contributed by atoms with Crippen LogP contribution in [0.25, 0.3) is 0 Å². The topological polar surface area (TPSA) is 0 Å². The average Bonchev–Trinajstić information content (AvgIpc) is 2.45. The number of alkyl halides is 1. The predicted octanol–water partition coefficient (Wildman–Crippen LogP) is 5.41. The molecule has 0 nitrogen and oxygen atoms in total. The molecular formula is C16H14BrClF2. The van der Waals surface area contributed by atoms with Crippen molar-refractivity contribution in [3.63, 3.8) is 0 Å². The quantitative estimate of drug-likeness (QED) is 0.626. The van der Waals surface area contributed by atoms with Crippen molar-refractivity contribution >= 4 is 27.5 Å². The summed E-state index contributed by atoms with van der Waals surface area (Å²) in [5.41, 5.74) is 1.43. The van der Waals surface area contributed by atoms with Gasteiger partial charge in [0.2, 0.25) is 0 Å². The Morgan fingerprint density at radius 2 is 1.60 bits per heavy atom. The second kappa shape index (κ2) is 7.19. The summed E-state index contributed by atoms with van der Waals surface area (Å²) in [5.74, 6) is -1.39. The lowest BCUT2D eigenvalue weighted by molar-refractivity contribution is 0.485. The van der Waals surface area contributed by atoms with E-state index in [2.05, 4.69) is 15.9 Å². The summed E-state index contributed by atoms with van der Waals surface area (Å²) in [6.07, 6.45) is 1.20. The molecule has 0 aliphatic heterocycles. The molecule has 0 aliphatic carbocycles. The maximum atomic E-state index is 13.7. The van der Waals surface area contributed by atoms with Crippen molar-refractivity contribution in [1.29, 1.82) is 0 Å². The third-order valence-corrected chi connectivity index (χ3v) is 4.51. The Bertz CT molecular complexity index is 586. The van der Waals surface area contributed by atoms with Crippen molar-refractivity contribution < 1.29 is 8.78 Å². The van der Waals surface area contributed by atoms with Gasteiger partial charge in [-0.25, -0.2) is 8.78 Å². The lowest BCUT2D eigenvalue weighted by atomic mass is 9.94. The minimum absolute atomic E-state index is 0.159. The predicted molar refractivity (Wildman–Crippen MR) is 82.5 cm³/mol. The third kappa shape index (κ3) is 3.80. The zero-order valence-electron chi connectivity index (χ0n) is 10.8. The molecule has 0 amide bonds. The van der Waals surface area contributed by atoms with Gasteiger partial charge in [-0.05, 0) is 42.0 Å². The average molecular weight is 360 g/mol. The van der Waals surface area contributed by atoms with Crippen molar-refractivity contribution in [1.82, 2.24) is 0 Å². The second-order valence-corrected chi connectivity index (χ2v) is 5.79. The van der Waals surface area contributed by atoms with Crippen LogP contribution in [0, 0.1) is 17.6 Å². The van der Waals surface area contributed by atoms with Crippen molar-refractivity contribution in [3.8, 4) is 0 Å². The summed E-state index contributed by atoms with van der Waals surface area (Å²) < 4.78 is 26.9. The summed E-state index contributed by atoms with van der Waals surface area (Å²) in [5, 5.41) is 1.41. The van der Waals surface area contributed by atoms with Crippen molar-refractivity contribution in [2.24, 2.45) is 5.92 Å². The van der Waals surface area contributed by atoms with Crippen molar-refractivity contribution in [2.45, 2.75) is 12.8 Å². The van der Waals surface area contributed by atoms with Crippen molar-refractivity contribution in [3.05, 3.63) is 70.2 Å². The van der Waals surface area contributed by atoms with Gasteiger partial charge in [-0.1, -0.05) is 57.9 Å². The molecule has 2 rings (SSSR count). The molecule has 0 aromatic heterocycles. The number of hydrogen-bond donors (Lipinski definition) is 0. The fourth-order valence-corrected chi connectivity index (χ4v) is 2.84. The first-order valence-electron chi connectivity index (χ1n) is 6.34. The molecule has 20 heavy (non-hydrogen) atoms. The minimum Gasteiger partial charge on any atom is -0.204 e. The molecule has 0 N–H and O–H groups in total. The number of rotatable bonds is 5. The lowest BCUT2D eigenvalue weighted by Crippen LogP contribution is -2.12. The van der Waals surface area contributed by atoms with Crippen LogP contribution in [-0.4, -0.2) is 5.33 Å². The summed E-state index contributed by atoms with van der Waals surface area (Å²) in [7, 11) is 0. The van der Waals surface area contributed by atoms with E-state index in [0.717, 1.165) is 18.1 Å². The molecule has 2 aromatic carbocycles. The zero-order chi connectivity index (χ0) is 14.5. The fraction of sp³-hybridized carbons (Fsp3) is 0.250. The van der Waals surface area contributed by atoms with E-state index >= 15 is 0 Å². The van der Waals surface area contributed by atoms with Crippen LogP contribution in [0.15, 0.2) is 42.5 Å². The molecule has 0 fully saturated rings. The van der Waals surface area contributed by atoms with E-state index in [1.165, 1.54) is 6.07 Å². The first-order chi connectivity index (χ1) is 9.61. The number of halogens is 4. The van der Waals surface area contributed by atoms with Crippen molar-refractivity contribution in [2.75, 3.05) is 5.33 Å². The Labute approximate surface area is 130 Å². The molecule has 0 saturated carbocycles. The van der Waals surface area contributed by atoms with Crippen LogP contribution >= 0.6 is 27.5 Å².